The first-order valence-electron chi connectivity index (χ1n) is 6.05. The third kappa shape index (κ3) is 2.91. The van der Waals surface area contributed by atoms with E-state index in [2.05, 4.69) is 4.98 Å². The summed E-state index contributed by atoms with van der Waals surface area (Å²) >= 11 is 0. The van der Waals surface area contributed by atoms with Crippen LogP contribution in [-0.2, 0) is 0 Å². The second kappa shape index (κ2) is 5.52. The fourth-order valence-corrected chi connectivity index (χ4v) is 1.85. The van der Waals surface area contributed by atoms with Crippen LogP contribution in [0.1, 0.15) is 28.9 Å². The van der Waals surface area contributed by atoms with Crippen molar-refractivity contribution >= 4 is 5.91 Å². The molecule has 0 saturated carbocycles. The molecule has 1 heterocycles. The number of nitrogens with zero attached hydrogens (tertiary/aromatic N) is 2. The molecule has 0 radical (unpaired) electrons. The minimum atomic E-state index is -0.0756. The Kier molecular flexibility index (Phi) is 3.80. The van der Waals surface area contributed by atoms with Crippen molar-refractivity contribution in [3.8, 4) is 5.75 Å². The maximum atomic E-state index is 12.3. The Balaban J connectivity index is 2.17. The van der Waals surface area contributed by atoms with Gasteiger partial charge in [-0.1, -0.05) is 12.1 Å². The van der Waals surface area contributed by atoms with Crippen molar-refractivity contribution in [2.24, 2.45) is 0 Å². The van der Waals surface area contributed by atoms with Crippen molar-refractivity contribution in [3.05, 3.63) is 59.9 Å². The third-order valence-electron chi connectivity index (χ3n) is 3.19. The number of benzene rings is 1. The van der Waals surface area contributed by atoms with Crippen LogP contribution >= 0.6 is 0 Å². The molecular weight excluding hydrogens is 240 g/mol. The molecule has 0 bridgehead atoms. The van der Waals surface area contributed by atoms with Crippen molar-refractivity contribution in [2.45, 2.75) is 13.0 Å². The van der Waals surface area contributed by atoms with Crippen molar-refractivity contribution in [3.63, 3.8) is 0 Å². The number of rotatable bonds is 3. The van der Waals surface area contributed by atoms with Crippen molar-refractivity contribution in [1.82, 2.24) is 9.88 Å². The van der Waals surface area contributed by atoms with E-state index in [1.807, 2.05) is 19.1 Å². The topological polar surface area (TPSA) is 53.4 Å². The normalized spacial score (nSPS) is 11.9. The summed E-state index contributed by atoms with van der Waals surface area (Å²) in [4.78, 5) is 17.9. The van der Waals surface area contributed by atoms with E-state index in [0.29, 0.717) is 5.56 Å². The van der Waals surface area contributed by atoms with Crippen LogP contribution in [0.5, 0.6) is 5.75 Å². The van der Waals surface area contributed by atoms with Gasteiger partial charge in [0.1, 0.15) is 5.75 Å². The molecular formula is C15H16N2O2. The van der Waals surface area contributed by atoms with Gasteiger partial charge in [0.25, 0.3) is 5.91 Å². The predicted octanol–water partition coefficient (Wildman–Crippen LogP) is 2.62. The summed E-state index contributed by atoms with van der Waals surface area (Å²) < 4.78 is 0. The minimum absolute atomic E-state index is 0.0753. The largest absolute Gasteiger partial charge is 0.508 e. The molecule has 0 aliphatic carbocycles. The number of aromatic hydroxyl groups is 1. The van der Waals surface area contributed by atoms with Crippen LogP contribution in [0.2, 0.25) is 0 Å². The Labute approximate surface area is 112 Å². The van der Waals surface area contributed by atoms with E-state index in [0.717, 1.165) is 5.56 Å². The maximum absolute atomic E-state index is 12.3. The number of phenolic OH excluding ortho intramolecular Hbond substituents is 1. The van der Waals surface area contributed by atoms with Gasteiger partial charge in [-0.25, -0.2) is 0 Å². The fraction of sp³-hybridized carbons (Fsp3) is 0.200. The van der Waals surface area contributed by atoms with Crippen molar-refractivity contribution in [1.29, 1.82) is 0 Å². The average molecular weight is 256 g/mol. The number of aromatic nitrogens is 1. The molecule has 19 heavy (non-hydrogen) atoms. The number of hydrogen-bond donors (Lipinski definition) is 1. The van der Waals surface area contributed by atoms with E-state index in [-0.39, 0.29) is 17.7 Å². The minimum Gasteiger partial charge on any atom is -0.508 e. The standard InChI is InChI=1S/C15H16N2O2/c1-11(12-5-7-14(18)8-6-12)17(2)15(19)13-4-3-9-16-10-13/h3-11,18H,1-2H3. The molecule has 4 nitrogen and oxygen atoms in total. The molecule has 98 valence electrons. The second-order valence-electron chi connectivity index (χ2n) is 4.43. The lowest BCUT2D eigenvalue weighted by atomic mass is 10.1. The summed E-state index contributed by atoms with van der Waals surface area (Å²) in [5, 5.41) is 9.28. The SMILES string of the molecule is CC(c1ccc(O)cc1)N(C)C(=O)c1cccnc1. The Bertz CT molecular complexity index is 552. The first-order chi connectivity index (χ1) is 9.09. The molecule has 0 fully saturated rings. The molecule has 1 unspecified atom stereocenters. The van der Waals surface area contributed by atoms with Crippen LogP contribution in [0.25, 0.3) is 0 Å². The molecule has 0 aliphatic rings. The van der Waals surface area contributed by atoms with Gasteiger partial charge < -0.3 is 10.0 Å². The van der Waals surface area contributed by atoms with Gasteiger partial charge in [0.2, 0.25) is 0 Å². The number of phenols is 1. The van der Waals surface area contributed by atoms with Crippen molar-refractivity contribution in [2.75, 3.05) is 7.05 Å². The third-order valence-corrected chi connectivity index (χ3v) is 3.19. The van der Waals surface area contributed by atoms with Gasteiger partial charge in [-0.15, -0.1) is 0 Å². The molecule has 1 N–H and O–H groups in total. The number of amides is 1. The number of hydrogen-bond acceptors (Lipinski definition) is 3. The van der Waals surface area contributed by atoms with Crippen LogP contribution in [-0.4, -0.2) is 27.9 Å². The Morgan fingerprint density at radius 2 is 1.95 bits per heavy atom. The Morgan fingerprint density at radius 3 is 2.53 bits per heavy atom. The van der Waals surface area contributed by atoms with Gasteiger partial charge in [-0.3, -0.25) is 9.78 Å². The first kappa shape index (κ1) is 13.1. The summed E-state index contributed by atoms with van der Waals surface area (Å²) in [5.74, 6) is 0.144. The van der Waals surface area contributed by atoms with Gasteiger partial charge in [0, 0.05) is 19.4 Å². The van der Waals surface area contributed by atoms with Crippen LogP contribution in [0.4, 0.5) is 0 Å². The molecule has 2 aromatic rings. The lowest BCUT2D eigenvalue weighted by molar-refractivity contribution is 0.0742. The van der Waals surface area contributed by atoms with E-state index in [9.17, 15) is 9.90 Å². The Hall–Kier alpha value is -2.36. The average Bonchev–Trinajstić information content (AvgIpc) is 2.46. The van der Waals surface area contributed by atoms with Gasteiger partial charge in [-0.2, -0.15) is 0 Å². The summed E-state index contributed by atoms with van der Waals surface area (Å²) in [6.07, 6.45) is 3.20. The summed E-state index contributed by atoms with van der Waals surface area (Å²) in [6.45, 7) is 1.95. The fourth-order valence-electron chi connectivity index (χ4n) is 1.85. The quantitative estimate of drug-likeness (QED) is 0.918. The maximum Gasteiger partial charge on any atom is 0.255 e. The molecule has 1 atom stereocenters. The number of pyridine rings is 1. The van der Waals surface area contributed by atoms with Gasteiger partial charge >= 0.3 is 0 Å². The molecule has 0 saturated heterocycles. The molecule has 2 rings (SSSR count). The van der Waals surface area contributed by atoms with Gasteiger partial charge in [0.15, 0.2) is 0 Å². The molecule has 1 amide bonds. The highest BCUT2D eigenvalue weighted by atomic mass is 16.3. The zero-order valence-corrected chi connectivity index (χ0v) is 10.9. The van der Waals surface area contributed by atoms with Crippen LogP contribution in [0, 0.1) is 0 Å². The highest BCUT2D eigenvalue weighted by Crippen LogP contribution is 2.22. The monoisotopic (exact) mass is 256 g/mol. The number of carbonyl (C=O) groups excluding carboxylic acids is 1. The molecule has 1 aromatic heterocycles. The highest BCUT2D eigenvalue weighted by Gasteiger charge is 2.18. The highest BCUT2D eigenvalue weighted by molar-refractivity contribution is 5.93. The lowest BCUT2D eigenvalue weighted by Gasteiger charge is -2.25. The van der Waals surface area contributed by atoms with E-state index in [4.69, 9.17) is 0 Å². The van der Waals surface area contributed by atoms with E-state index in [1.54, 1.807) is 48.6 Å². The molecule has 0 spiro atoms. The van der Waals surface area contributed by atoms with Gasteiger partial charge in [-0.05, 0) is 36.8 Å². The van der Waals surface area contributed by atoms with E-state index < -0.39 is 0 Å². The van der Waals surface area contributed by atoms with Crippen LogP contribution < -0.4 is 0 Å². The summed E-state index contributed by atoms with van der Waals surface area (Å²) in [6, 6.07) is 10.3. The van der Waals surface area contributed by atoms with Gasteiger partial charge in [0.05, 0.1) is 11.6 Å². The lowest BCUT2D eigenvalue weighted by Crippen LogP contribution is -2.29. The van der Waals surface area contributed by atoms with Crippen LogP contribution in [0.3, 0.4) is 0 Å². The zero-order valence-electron chi connectivity index (χ0n) is 10.9. The Morgan fingerprint density at radius 1 is 1.26 bits per heavy atom. The van der Waals surface area contributed by atoms with E-state index >= 15 is 0 Å². The summed E-state index contributed by atoms with van der Waals surface area (Å²) in [7, 11) is 1.76. The zero-order chi connectivity index (χ0) is 13.8. The molecule has 1 aromatic carbocycles. The van der Waals surface area contributed by atoms with Crippen molar-refractivity contribution < 1.29 is 9.90 Å². The second-order valence-corrected chi connectivity index (χ2v) is 4.43. The van der Waals surface area contributed by atoms with Crippen LogP contribution in [0.15, 0.2) is 48.8 Å². The van der Waals surface area contributed by atoms with E-state index in [1.165, 1.54) is 0 Å². The molecule has 0 aliphatic heterocycles. The number of carbonyl (C=O) groups is 1. The summed E-state index contributed by atoms with van der Waals surface area (Å²) in [5.41, 5.74) is 1.54. The molecule has 4 heteroatoms. The smallest absolute Gasteiger partial charge is 0.255 e. The predicted molar refractivity (Wildman–Crippen MR) is 72.9 cm³/mol. The first-order valence-corrected chi connectivity index (χ1v) is 6.05.